The molecule has 0 unspecified atom stereocenters. The zero-order valence-electron chi connectivity index (χ0n) is 15.8. The summed E-state index contributed by atoms with van der Waals surface area (Å²) in [5, 5.41) is 19.9. The van der Waals surface area contributed by atoms with Crippen molar-refractivity contribution in [2.45, 2.75) is 57.2 Å². The van der Waals surface area contributed by atoms with Gasteiger partial charge in [-0.1, -0.05) is 6.42 Å². The Bertz CT molecular complexity index is 1020. The number of hydrogen-bond donors (Lipinski definition) is 0. The average Bonchev–Trinajstić information content (AvgIpc) is 3.25. The minimum absolute atomic E-state index is 0.0809. The summed E-state index contributed by atoms with van der Waals surface area (Å²) in [4.78, 5) is 2.02. The van der Waals surface area contributed by atoms with E-state index in [1.165, 1.54) is 12.5 Å². The molecule has 2 aliphatic heterocycles. The second-order valence-electron chi connectivity index (χ2n) is 7.70. The van der Waals surface area contributed by atoms with Crippen LogP contribution in [-0.4, -0.2) is 47.7 Å². The topological polar surface area (TPSA) is 77.0 Å². The molecule has 0 N–H and O–H groups in total. The van der Waals surface area contributed by atoms with E-state index in [-0.39, 0.29) is 11.6 Å². The van der Waals surface area contributed by atoms with Crippen molar-refractivity contribution in [2.24, 2.45) is 0 Å². The SMILES string of the molecule is FC(F)(F)c1nnc2ccc(N3CCC[C@@H](c4nnc5n4CCCCC5)C3)nn12. The van der Waals surface area contributed by atoms with Crippen molar-refractivity contribution in [2.75, 3.05) is 18.0 Å². The van der Waals surface area contributed by atoms with Crippen LogP contribution in [-0.2, 0) is 19.1 Å². The van der Waals surface area contributed by atoms with Crippen LogP contribution in [0.1, 0.15) is 55.5 Å². The number of anilines is 1. The first kappa shape index (κ1) is 18.3. The second kappa shape index (κ2) is 6.96. The van der Waals surface area contributed by atoms with E-state index in [0.717, 1.165) is 61.4 Å². The standard InChI is InChI=1S/C18H21F3N8/c19-18(20,21)17-25-23-14-7-8-15(26-29(14)17)27-9-4-5-12(11-27)16-24-22-13-6-2-1-3-10-28(13)16/h7-8,12H,1-6,9-11H2/t12-/m1/s1. The van der Waals surface area contributed by atoms with Crippen LogP contribution in [0.15, 0.2) is 12.1 Å². The maximum absolute atomic E-state index is 13.2. The quantitative estimate of drug-likeness (QED) is 0.651. The molecule has 29 heavy (non-hydrogen) atoms. The lowest BCUT2D eigenvalue weighted by Gasteiger charge is -2.33. The highest BCUT2D eigenvalue weighted by Gasteiger charge is 2.38. The minimum Gasteiger partial charge on any atom is -0.354 e. The molecule has 0 aliphatic carbocycles. The van der Waals surface area contributed by atoms with E-state index >= 15 is 0 Å². The maximum atomic E-state index is 13.2. The molecular weight excluding hydrogens is 385 g/mol. The predicted octanol–water partition coefficient (Wildman–Crippen LogP) is 2.85. The highest BCUT2D eigenvalue weighted by atomic mass is 19.4. The van der Waals surface area contributed by atoms with E-state index in [9.17, 15) is 13.2 Å². The molecule has 3 aromatic rings. The van der Waals surface area contributed by atoms with Crippen molar-refractivity contribution in [1.29, 1.82) is 0 Å². The van der Waals surface area contributed by atoms with Gasteiger partial charge in [0.05, 0.1) is 0 Å². The molecule has 0 saturated carbocycles. The Kier molecular flexibility index (Phi) is 4.39. The van der Waals surface area contributed by atoms with Gasteiger partial charge >= 0.3 is 6.18 Å². The number of aryl methyl sites for hydroxylation is 1. The molecule has 8 nitrogen and oxygen atoms in total. The smallest absolute Gasteiger partial charge is 0.354 e. The van der Waals surface area contributed by atoms with E-state index in [0.29, 0.717) is 12.4 Å². The van der Waals surface area contributed by atoms with Crippen LogP contribution in [0.3, 0.4) is 0 Å². The van der Waals surface area contributed by atoms with E-state index in [1.807, 2.05) is 4.90 Å². The number of aromatic nitrogens is 7. The molecule has 5 heterocycles. The highest BCUT2D eigenvalue weighted by molar-refractivity contribution is 5.46. The molecule has 0 aromatic carbocycles. The molecular formula is C18H21F3N8. The third-order valence-electron chi connectivity index (χ3n) is 5.75. The van der Waals surface area contributed by atoms with Gasteiger partial charge in [0.2, 0.25) is 0 Å². The van der Waals surface area contributed by atoms with Gasteiger partial charge in [0, 0.05) is 32.0 Å². The zero-order valence-corrected chi connectivity index (χ0v) is 15.8. The Morgan fingerprint density at radius 3 is 2.69 bits per heavy atom. The fraction of sp³-hybridized carbons (Fsp3) is 0.611. The van der Waals surface area contributed by atoms with Gasteiger partial charge in [-0.05, 0) is 37.8 Å². The molecule has 3 aromatic heterocycles. The molecule has 0 amide bonds. The molecule has 5 rings (SSSR count). The van der Waals surface area contributed by atoms with Gasteiger partial charge in [0.15, 0.2) is 5.65 Å². The molecule has 0 spiro atoms. The fourth-order valence-electron chi connectivity index (χ4n) is 4.33. The molecule has 1 saturated heterocycles. The van der Waals surface area contributed by atoms with Crippen molar-refractivity contribution < 1.29 is 13.2 Å². The third-order valence-corrected chi connectivity index (χ3v) is 5.75. The summed E-state index contributed by atoms with van der Waals surface area (Å²) in [5.41, 5.74) is 0.0809. The van der Waals surface area contributed by atoms with Crippen LogP contribution in [0.4, 0.5) is 19.0 Å². The number of halogens is 3. The third kappa shape index (κ3) is 3.32. The average molecular weight is 406 g/mol. The predicted molar refractivity (Wildman–Crippen MR) is 97.5 cm³/mol. The largest absolute Gasteiger partial charge is 0.453 e. The van der Waals surface area contributed by atoms with Crippen LogP contribution in [0.25, 0.3) is 5.65 Å². The van der Waals surface area contributed by atoms with Crippen LogP contribution in [0, 0.1) is 0 Å². The second-order valence-corrected chi connectivity index (χ2v) is 7.70. The molecule has 0 bridgehead atoms. The number of rotatable bonds is 2. The minimum atomic E-state index is -4.60. The summed E-state index contributed by atoms with van der Waals surface area (Å²) in [6.45, 7) is 2.33. The van der Waals surface area contributed by atoms with E-state index in [1.54, 1.807) is 6.07 Å². The summed E-state index contributed by atoms with van der Waals surface area (Å²) in [6.07, 6.45) is 1.71. The monoisotopic (exact) mass is 406 g/mol. The summed E-state index contributed by atoms with van der Waals surface area (Å²) >= 11 is 0. The van der Waals surface area contributed by atoms with Crippen LogP contribution >= 0.6 is 0 Å². The lowest BCUT2D eigenvalue weighted by Crippen LogP contribution is -2.36. The Balaban J connectivity index is 1.43. The lowest BCUT2D eigenvalue weighted by molar-refractivity contribution is -0.146. The maximum Gasteiger partial charge on any atom is 0.453 e. The fourth-order valence-corrected chi connectivity index (χ4v) is 4.33. The highest BCUT2D eigenvalue weighted by Crippen LogP contribution is 2.31. The van der Waals surface area contributed by atoms with Crippen LogP contribution in [0.5, 0.6) is 0 Å². The Labute approximate surface area is 164 Å². The van der Waals surface area contributed by atoms with Gasteiger partial charge in [-0.15, -0.1) is 25.5 Å². The van der Waals surface area contributed by atoms with Gasteiger partial charge in [-0.25, -0.2) is 0 Å². The van der Waals surface area contributed by atoms with Gasteiger partial charge in [-0.3, -0.25) is 0 Å². The first-order valence-corrected chi connectivity index (χ1v) is 9.97. The Hall–Kier alpha value is -2.72. The first-order valence-electron chi connectivity index (χ1n) is 9.97. The Morgan fingerprint density at radius 1 is 0.931 bits per heavy atom. The number of piperidine rings is 1. The first-order chi connectivity index (χ1) is 14.0. The molecule has 154 valence electrons. The van der Waals surface area contributed by atoms with Crippen molar-refractivity contribution in [1.82, 2.24) is 34.6 Å². The van der Waals surface area contributed by atoms with Gasteiger partial charge < -0.3 is 9.47 Å². The molecule has 11 heteroatoms. The van der Waals surface area contributed by atoms with E-state index in [4.69, 9.17) is 0 Å². The van der Waals surface area contributed by atoms with Crippen LogP contribution < -0.4 is 4.90 Å². The molecule has 1 fully saturated rings. The zero-order chi connectivity index (χ0) is 20.0. The molecule has 1 atom stereocenters. The number of hydrogen-bond acceptors (Lipinski definition) is 6. The number of alkyl halides is 3. The Morgan fingerprint density at radius 2 is 1.83 bits per heavy atom. The number of fused-ring (bicyclic) bond motifs is 2. The van der Waals surface area contributed by atoms with Crippen molar-refractivity contribution in [3.63, 3.8) is 0 Å². The van der Waals surface area contributed by atoms with Gasteiger partial charge in [0.1, 0.15) is 17.5 Å². The summed E-state index contributed by atoms with van der Waals surface area (Å²) in [6, 6.07) is 3.23. The van der Waals surface area contributed by atoms with Gasteiger partial charge in [0.25, 0.3) is 5.82 Å². The van der Waals surface area contributed by atoms with E-state index < -0.39 is 12.0 Å². The summed E-state index contributed by atoms with van der Waals surface area (Å²) in [5.74, 6) is 1.61. The van der Waals surface area contributed by atoms with Crippen molar-refractivity contribution in [3.05, 3.63) is 29.6 Å². The summed E-state index contributed by atoms with van der Waals surface area (Å²) in [7, 11) is 0. The van der Waals surface area contributed by atoms with E-state index in [2.05, 4.69) is 30.1 Å². The summed E-state index contributed by atoms with van der Waals surface area (Å²) < 4.78 is 42.5. The van der Waals surface area contributed by atoms with Crippen molar-refractivity contribution >= 4 is 11.5 Å². The normalized spacial score (nSPS) is 20.7. The lowest BCUT2D eigenvalue weighted by atomic mass is 9.97. The molecule has 2 aliphatic rings. The van der Waals surface area contributed by atoms with Gasteiger partial charge in [-0.2, -0.15) is 17.7 Å². The number of nitrogens with zero attached hydrogens (tertiary/aromatic N) is 8. The van der Waals surface area contributed by atoms with Crippen molar-refractivity contribution in [3.8, 4) is 0 Å². The van der Waals surface area contributed by atoms with Crippen LogP contribution in [0.2, 0.25) is 0 Å². The molecule has 0 radical (unpaired) electrons.